The third-order valence-corrected chi connectivity index (χ3v) is 2.90. The summed E-state index contributed by atoms with van der Waals surface area (Å²) in [6, 6.07) is 9.96. The van der Waals surface area contributed by atoms with Crippen molar-refractivity contribution in [1.29, 1.82) is 0 Å². The van der Waals surface area contributed by atoms with E-state index in [4.69, 9.17) is 4.74 Å². The molecule has 0 saturated heterocycles. The molecule has 2 heteroatoms. The Balaban J connectivity index is 2.66. The molecule has 104 valence electrons. The Morgan fingerprint density at radius 3 is 2.32 bits per heavy atom. The molecule has 0 aromatic heterocycles. The monoisotopic (exact) mass is 260 g/mol. The third kappa shape index (κ3) is 5.31. The van der Waals surface area contributed by atoms with Gasteiger partial charge in [-0.15, -0.1) is 0 Å². The molecular formula is C17H24O2. The topological polar surface area (TPSA) is 29.5 Å². The Morgan fingerprint density at radius 1 is 1.16 bits per heavy atom. The maximum absolute atomic E-state index is 10.2. The average Bonchev–Trinajstić information content (AvgIpc) is 2.42. The quantitative estimate of drug-likeness (QED) is 0.783. The van der Waals surface area contributed by atoms with Gasteiger partial charge in [0, 0.05) is 5.92 Å². The van der Waals surface area contributed by atoms with E-state index < -0.39 is 6.10 Å². The summed E-state index contributed by atoms with van der Waals surface area (Å²) in [5.74, 6) is 0.785. The first-order valence-corrected chi connectivity index (χ1v) is 6.78. The number of ether oxygens (including phenoxy) is 1. The summed E-state index contributed by atoms with van der Waals surface area (Å²) in [7, 11) is 0. The molecule has 1 N–H and O–H groups in total. The second-order valence-corrected chi connectivity index (χ2v) is 4.91. The Morgan fingerprint density at radius 2 is 1.79 bits per heavy atom. The molecule has 1 aromatic rings. The van der Waals surface area contributed by atoms with Crippen LogP contribution < -0.4 is 0 Å². The number of aliphatic hydroxyl groups is 1. The SMILES string of the molecule is C/C=C(\OC(C)C)[C@@H](C)[C@H](O)/C=C/c1ccccc1. The number of hydrogen-bond acceptors (Lipinski definition) is 2. The summed E-state index contributed by atoms with van der Waals surface area (Å²) in [6.07, 6.45) is 5.24. The highest BCUT2D eigenvalue weighted by atomic mass is 16.5. The van der Waals surface area contributed by atoms with E-state index in [1.165, 1.54) is 0 Å². The van der Waals surface area contributed by atoms with Crippen LogP contribution in [0.5, 0.6) is 0 Å². The number of hydrogen-bond donors (Lipinski definition) is 1. The van der Waals surface area contributed by atoms with Crippen molar-refractivity contribution in [2.75, 3.05) is 0 Å². The number of aliphatic hydroxyl groups excluding tert-OH is 1. The van der Waals surface area contributed by atoms with Crippen molar-refractivity contribution in [3.05, 3.63) is 53.8 Å². The van der Waals surface area contributed by atoms with Crippen LogP contribution in [0.4, 0.5) is 0 Å². The van der Waals surface area contributed by atoms with Crippen LogP contribution in [0.15, 0.2) is 48.2 Å². The number of allylic oxidation sites excluding steroid dienone is 1. The van der Waals surface area contributed by atoms with Crippen LogP contribution in [0.25, 0.3) is 6.08 Å². The molecule has 1 aromatic carbocycles. The minimum absolute atomic E-state index is 0.0487. The van der Waals surface area contributed by atoms with Crippen LogP contribution in [-0.4, -0.2) is 17.3 Å². The van der Waals surface area contributed by atoms with Crippen molar-refractivity contribution in [1.82, 2.24) is 0 Å². The molecule has 0 radical (unpaired) electrons. The highest BCUT2D eigenvalue weighted by Crippen LogP contribution is 2.19. The lowest BCUT2D eigenvalue weighted by atomic mass is 10.0. The van der Waals surface area contributed by atoms with Crippen LogP contribution in [0.1, 0.15) is 33.3 Å². The average molecular weight is 260 g/mol. The summed E-state index contributed by atoms with van der Waals surface area (Å²) in [5, 5.41) is 10.2. The van der Waals surface area contributed by atoms with Crippen LogP contribution >= 0.6 is 0 Å². The lowest BCUT2D eigenvalue weighted by Gasteiger charge is -2.22. The van der Waals surface area contributed by atoms with E-state index in [1.54, 1.807) is 0 Å². The van der Waals surface area contributed by atoms with E-state index in [0.29, 0.717) is 0 Å². The molecule has 0 bridgehead atoms. The van der Waals surface area contributed by atoms with Gasteiger partial charge in [0.1, 0.15) is 0 Å². The molecule has 0 aliphatic heterocycles. The van der Waals surface area contributed by atoms with Gasteiger partial charge in [-0.3, -0.25) is 0 Å². The Bertz CT molecular complexity index is 418. The lowest BCUT2D eigenvalue weighted by Crippen LogP contribution is -2.20. The van der Waals surface area contributed by atoms with Crippen LogP contribution in [0, 0.1) is 5.92 Å². The fourth-order valence-corrected chi connectivity index (χ4v) is 1.82. The molecule has 19 heavy (non-hydrogen) atoms. The van der Waals surface area contributed by atoms with Crippen LogP contribution in [-0.2, 0) is 4.74 Å². The normalized spacial score (nSPS) is 15.8. The summed E-state index contributed by atoms with van der Waals surface area (Å²) in [5.41, 5.74) is 1.08. The van der Waals surface area contributed by atoms with Crippen molar-refractivity contribution >= 4 is 6.08 Å². The largest absolute Gasteiger partial charge is 0.495 e. The molecule has 0 spiro atoms. The van der Waals surface area contributed by atoms with Gasteiger partial charge in [-0.2, -0.15) is 0 Å². The molecule has 0 saturated carbocycles. The molecular weight excluding hydrogens is 236 g/mol. The second-order valence-electron chi connectivity index (χ2n) is 4.91. The first-order valence-electron chi connectivity index (χ1n) is 6.78. The molecule has 0 aliphatic carbocycles. The van der Waals surface area contributed by atoms with Crippen LogP contribution in [0.3, 0.4) is 0 Å². The van der Waals surface area contributed by atoms with Crippen molar-refractivity contribution < 1.29 is 9.84 Å². The molecule has 2 nitrogen and oxygen atoms in total. The van der Waals surface area contributed by atoms with Gasteiger partial charge in [0.25, 0.3) is 0 Å². The molecule has 0 amide bonds. The van der Waals surface area contributed by atoms with E-state index in [2.05, 4.69) is 0 Å². The minimum Gasteiger partial charge on any atom is -0.495 e. The van der Waals surface area contributed by atoms with Crippen molar-refractivity contribution in [2.45, 2.75) is 39.9 Å². The summed E-state index contributed by atoms with van der Waals surface area (Å²) in [6.45, 7) is 7.88. The fraction of sp³-hybridized carbons (Fsp3) is 0.412. The summed E-state index contributed by atoms with van der Waals surface area (Å²) in [4.78, 5) is 0. The zero-order chi connectivity index (χ0) is 14.3. The molecule has 1 rings (SSSR count). The highest BCUT2D eigenvalue weighted by molar-refractivity contribution is 5.49. The molecule has 2 atom stereocenters. The van der Waals surface area contributed by atoms with E-state index in [-0.39, 0.29) is 12.0 Å². The maximum Gasteiger partial charge on any atom is 0.0978 e. The van der Waals surface area contributed by atoms with Crippen molar-refractivity contribution in [3.63, 3.8) is 0 Å². The summed E-state index contributed by atoms with van der Waals surface area (Å²) >= 11 is 0. The zero-order valence-corrected chi connectivity index (χ0v) is 12.2. The highest BCUT2D eigenvalue weighted by Gasteiger charge is 2.17. The van der Waals surface area contributed by atoms with E-state index in [1.807, 2.05) is 76.3 Å². The number of benzene rings is 1. The molecule has 0 fully saturated rings. The van der Waals surface area contributed by atoms with Gasteiger partial charge in [-0.25, -0.2) is 0 Å². The molecule has 0 unspecified atom stereocenters. The van der Waals surface area contributed by atoms with Crippen molar-refractivity contribution in [2.24, 2.45) is 5.92 Å². The van der Waals surface area contributed by atoms with Crippen LogP contribution in [0.2, 0.25) is 0 Å². The minimum atomic E-state index is -0.551. The second kappa shape index (κ2) is 7.80. The van der Waals surface area contributed by atoms with Gasteiger partial charge in [0.05, 0.1) is 18.0 Å². The number of rotatable bonds is 6. The van der Waals surface area contributed by atoms with Gasteiger partial charge in [0.15, 0.2) is 0 Å². The van der Waals surface area contributed by atoms with Crippen molar-refractivity contribution in [3.8, 4) is 0 Å². The Kier molecular flexibility index (Phi) is 6.37. The van der Waals surface area contributed by atoms with E-state index >= 15 is 0 Å². The molecule has 0 heterocycles. The van der Waals surface area contributed by atoms with Gasteiger partial charge in [0.2, 0.25) is 0 Å². The van der Waals surface area contributed by atoms with E-state index in [9.17, 15) is 5.11 Å². The zero-order valence-electron chi connectivity index (χ0n) is 12.2. The summed E-state index contributed by atoms with van der Waals surface area (Å²) < 4.78 is 5.70. The first-order chi connectivity index (χ1) is 9.04. The van der Waals surface area contributed by atoms with E-state index in [0.717, 1.165) is 11.3 Å². The Hall–Kier alpha value is -1.54. The fourth-order valence-electron chi connectivity index (χ4n) is 1.82. The van der Waals surface area contributed by atoms with Gasteiger partial charge >= 0.3 is 0 Å². The predicted molar refractivity (Wildman–Crippen MR) is 80.6 cm³/mol. The standard InChI is InChI=1S/C17H24O2/c1-5-17(19-13(2)3)14(4)16(18)12-11-15-9-7-6-8-10-15/h5-14,16,18H,1-4H3/b12-11+,17-5-/t14-,16+/m0/s1. The lowest BCUT2D eigenvalue weighted by molar-refractivity contribution is 0.0829. The maximum atomic E-state index is 10.2. The van der Waals surface area contributed by atoms with Gasteiger partial charge in [-0.1, -0.05) is 49.4 Å². The van der Waals surface area contributed by atoms with Gasteiger partial charge in [-0.05, 0) is 32.4 Å². The molecule has 0 aliphatic rings. The smallest absolute Gasteiger partial charge is 0.0978 e. The van der Waals surface area contributed by atoms with Gasteiger partial charge < -0.3 is 9.84 Å². The predicted octanol–water partition coefficient (Wildman–Crippen LogP) is 4.03. The Labute approximate surface area is 116 Å². The first kappa shape index (κ1) is 15.5. The third-order valence-electron chi connectivity index (χ3n) is 2.90.